The number of ether oxygens (including phenoxy) is 1. The summed E-state index contributed by atoms with van der Waals surface area (Å²) in [5.74, 6) is -0.656. The van der Waals surface area contributed by atoms with Gasteiger partial charge < -0.3 is 15.2 Å². The molecule has 2 N–H and O–H groups in total. The van der Waals surface area contributed by atoms with Crippen molar-refractivity contribution in [1.82, 2.24) is 4.90 Å². The topological polar surface area (TPSA) is 78.9 Å². The van der Waals surface area contributed by atoms with Crippen molar-refractivity contribution in [2.24, 2.45) is 0 Å². The number of aliphatic carboxylic acids is 1. The summed E-state index contributed by atoms with van der Waals surface area (Å²) >= 11 is 0. The van der Waals surface area contributed by atoms with Crippen molar-refractivity contribution in [3.8, 4) is 5.75 Å². The summed E-state index contributed by atoms with van der Waals surface area (Å²) in [6.07, 6.45) is 0. The summed E-state index contributed by atoms with van der Waals surface area (Å²) in [7, 11) is 1.52. The fourth-order valence-corrected chi connectivity index (χ4v) is 1.80. The molecule has 0 spiro atoms. The fraction of sp³-hybridized carbons (Fsp3) is 0.429. The van der Waals surface area contributed by atoms with Gasteiger partial charge in [-0.05, 0) is 25.6 Å². The predicted molar refractivity (Wildman–Crippen MR) is 76.0 cm³/mol. The van der Waals surface area contributed by atoms with E-state index in [4.69, 9.17) is 9.84 Å². The molecule has 20 heavy (non-hydrogen) atoms. The van der Waals surface area contributed by atoms with Gasteiger partial charge in [-0.1, -0.05) is 19.1 Å². The van der Waals surface area contributed by atoms with E-state index >= 15 is 0 Å². The molecule has 0 heterocycles. The van der Waals surface area contributed by atoms with E-state index in [0.717, 1.165) is 0 Å². The molecular formula is C14H20N2O4. The number of carbonyl (C=O) groups excluding carboxylic acids is 1. The smallest absolute Gasteiger partial charge is 0.320 e. The first-order valence-corrected chi connectivity index (χ1v) is 6.39. The highest BCUT2D eigenvalue weighted by atomic mass is 16.5. The Kier molecular flexibility index (Phi) is 5.99. The Bertz CT molecular complexity index is 476. The van der Waals surface area contributed by atoms with E-state index in [0.29, 0.717) is 18.0 Å². The van der Waals surface area contributed by atoms with Crippen molar-refractivity contribution in [1.29, 1.82) is 0 Å². The van der Waals surface area contributed by atoms with E-state index in [1.54, 1.807) is 36.1 Å². The van der Waals surface area contributed by atoms with Crippen LogP contribution in [0.1, 0.15) is 13.8 Å². The van der Waals surface area contributed by atoms with E-state index in [1.807, 2.05) is 6.92 Å². The Labute approximate surface area is 118 Å². The van der Waals surface area contributed by atoms with E-state index in [2.05, 4.69) is 5.32 Å². The number of benzene rings is 1. The number of hydrogen-bond acceptors (Lipinski definition) is 4. The lowest BCUT2D eigenvalue weighted by Gasteiger charge is -2.24. The number of nitrogens with one attached hydrogen (secondary N) is 1. The second-order valence-corrected chi connectivity index (χ2v) is 4.33. The van der Waals surface area contributed by atoms with Crippen LogP contribution in [-0.4, -0.2) is 48.1 Å². The van der Waals surface area contributed by atoms with Gasteiger partial charge in [-0.2, -0.15) is 0 Å². The van der Waals surface area contributed by atoms with Gasteiger partial charge >= 0.3 is 5.97 Å². The number of rotatable bonds is 7. The Balaban J connectivity index is 2.69. The lowest BCUT2D eigenvalue weighted by molar-refractivity contribution is -0.142. The predicted octanol–water partition coefficient (Wildman–Crippen LogP) is 1.43. The van der Waals surface area contributed by atoms with Gasteiger partial charge in [0.2, 0.25) is 5.91 Å². The molecule has 0 saturated heterocycles. The molecule has 1 atom stereocenters. The lowest BCUT2D eigenvalue weighted by Crippen LogP contribution is -2.43. The number of carboxylic acid groups (broad SMARTS) is 1. The van der Waals surface area contributed by atoms with Crippen molar-refractivity contribution in [2.45, 2.75) is 19.9 Å². The fourth-order valence-electron chi connectivity index (χ4n) is 1.80. The van der Waals surface area contributed by atoms with Crippen molar-refractivity contribution >= 4 is 17.6 Å². The Morgan fingerprint density at radius 3 is 2.60 bits per heavy atom. The number of likely N-dealkylation sites (N-methyl/N-ethyl adjacent to an activating group) is 1. The summed E-state index contributed by atoms with van der Waals surface area (Å²) in [4.78, 5) is 24.5. The third-order valence-corrected chi connectivity index (χ3v) is 3.04. The standard InChI is InChI=1S/C14H20N2O4/c1-4-16(10(2)14(18)19)9-13(17)15-11-7-5-6-8-12(11)20-3/h5-8,10H,4,9H2,1-3H3,(H,15,17)(H,18,19). The highest BCUT2D eigenvalue weighted by Gasteiger charge is 2.21. The molecule has 1 amide bonds. The van der Waals surface area contributed by atoms with Gasteiger partial charge in [0.25, 0.3) is 0 Å². The maximum atomic E-state index is 12.0. The minimum atomic E-state index is -0.947. The molecule has 110 valence electrons. The minimum Gasteiger partial charge on any atom is -0.495 e. The molecule has 0 aliphatic rings. The number of para-hydroxylation sites is 2. The molecule has 1 rings (SSSR count). The molecule has 0 radical (unpaired) electrons. The van der Waals surface area contributed by atoms with Crippen LogP contribution in [0.4, 0.5) is 5.69 Å². The Morgan fingerprint density at radius 1 is 1.40 bits per heavy atom. The highest BCUT2D eigenvalue weighted by Crippen LogP contribution is 2.22. The van der Waals surface area contributed by atoms with Crippen LogP contribution in [0, 0.1) is 0 Å². The van der Waals surface area contributed by atoms with Crippen LogP contribution in [0.15, 0.2) is 24.3 Å². The van der Waals surface area contributed by atoms with E-state index in [1.165, 1.54) is 7.11 Å². The third kappa shape index (κ3) is 4.24. The van der Waals surface area contributed by atoms with E-state index in [-0.39, 0.29) is 12.5 Å². The van der Waals surface area contributed by atoms with Crippen molar-refractivity contribution in [2.75, 3.05) is 25.5 Å². The monoisotopic (exact) mass is 280 g/mol. The zero-order valence-corrected chi connectivity index (χ0v) is 11.9. The molecule has 0 fully saturated rings. The van der Waals surface area contributed by atoms with Crippen molar-refractivity contribution in [3.05, 3.63) is 24.3 Å². The number of methoxy groups -OCH3 is 1. The van der Waals surface area contributed by atoms with Crippen molar-refractivity contribution in [3.63, 3.8) is 0 Å². The molecule has 1 aromatic carbocycles. The van der Waals surface area contributed by atoms with E-state index in [9.17, 15) is 9.59 Å². The molecular weight excluding hydrogens is 260 g/mol. The molecule has 1 unspecified atom stereocenters. The number of carboxylic acids is 1. The van der Waals surface area contributed by atoms with Gasteiger partial charge in [-0.3, -0.25) is 14.5 Å². The van der Waals surface area contributed by atoms with Crippen molar-refractivity contribution < 1.29 is 19.4 Å². The molecule has 0 aliphatic carbocycles. The van der Waals surface area contributed by atoms with Gasteiger partial charge in [0.1, 0.15) is 11.8 Å². The average molecular weight is 280 g/mol. The van der Waals surface area contributed by atoms with Gasteiger partial charge in [0.15, 0.2) is 0 Å². The molecule has 6 nitrogen and oxygen atoms in total. The number of carbonyl (C=O) groups is 2. The quantitative estimate of drug-likeness (QED) is 0.790. The normalized spacial score (nSPS) is 12.0. The average Bonchev–Trinajstić information content (AvgIpc) is 2.44. The van der Waals surface area contributed by atoms with Gasteiger partial charge in [0.05, 0.1) is 19.3 Å². The van der Waals surface area contributed by atoms with Gasteiger partial charge in [-0.25, -0.2) is 0 Å². The number of nitrogens with zero attached hydrogens (tertiary/aromatic N) is 1. The zero-order valence-electron chi connectivity index (χ0n) is 11.9. The van der Waals surface area contributed by atoms with Crippen LogP contribution in [0.2, 0.25) is 0 Å². The number of anilines is 1. The van der Waals surface area contributed by atoms with Crippen LogP contribution in [-0.2, 0) is 9.59 Å². The number of amides is 1. The highest BCUT2D eigenvalue weighted by molar-refractivity contribution is 5.94. The largest absolute Gasteiger partial charge is 0.495 e. The first kappa shape index (κ1) is 16.0. The number of hydrogen-bond donors (Lipinski definition) is 2. The summed E-state index contributed by atoms with van der Waals surface area (Å²) < 4.78 is 5.14. The summed E-state index contributed by atoms with van der Waals surface area (Å²) in [5.41, 5.74) is 0.569. The molecule has 1 aromatic rings. The summed E-state index contributed by atoms with van der Waals surface area (Å²) in [6.45, 7) is 3.87. The Hall–Kier alpha value is -2.08. The molecule has 0 aliphatic heterocycles. The van der Waals surface area contributed by atoms with Crippen LogP contribution in [0.5, 0.6) is 5.75 Å². The summed E-state index contributed by atoms with van der Waals surface area (Å²) in [6, 6.07) is 6.36. The Morgan fingerprint density at radius 2 is 2.05 bits per heavy atom. The lowest BCUT2D eigenvalue weighted by atomic mass is 10.2. The van der Waals surface area contributed by atoms with Crippen LogP contribution in [0.3, 0.4) is 0 Å². The molecule has 6 heteroatoms. The SMILES string of the molecule is CCN(CC(=O)Nc1ccccc1OC)C(C)C(=O)O. The first-order chi connectivity index (χ1) is 9.49. The van der Waals surface area contributed by atoms with Gasteiger partial charge in [-0.15, -0.1) is 0 Å². The second-order valence-electron chi connectivity index (χ2n) is 4.33. The summed E-state index contributed by atoms with van der Waals surface area (Å²) in [5, 5.41) is 11.7. The third-order valence-electron chi connectivity index (χ3n) is 3.04. The van der Waals surface area contributed by atoms with E-state index < -0.39 is 12.0 Å². The second kappa shape index (κ2) is 7.49. The molecule has 0 aromatic heterocycles. The molecule has 0 bridgehead atoms. The van der Waals surface area contributed by atoms with Crippen LogP contribution < -0.4 is 10.1 Å². The molecule has 0 saturated carbocycles. The maximum Gasteiger partial charge on any atom is 0.320 e. The first-order valence-electron chi connectivity index (χ1n) is 6.39. The maximum absolute atomic E-state index is 12.0. The van der Waals surface area contributed by atoms with Gasteiger partial charge in [0, 0.05) is 0 Å². The van der Waals surface area contributed by atoms with Crippen LogP contribution in [0.25, 0.3) is 0 Å². The zero-order chi connectivity index (χ0) is 15.1. The van der Waals surface area contributed by atoms with Crippen LogP contribution >= 0.6 is 0 Å². The minimum absolute atomic E-state index is 0.0159.